The van der Waals surface area contributed by atoms with Crippen molar-refractivity contribution in [3.05, 3.63) is 23.8 Å². The van der Waals surface area contributed by atoms with Crippen LogP contribution >= 0.6 is 0 Å². The summed E-state index contributed by atoms with van der Waals surface area (Å²) in [4.78, 5) is 0. The molecule has 2 unspecified atom stereocenters. The molecule has 0 bridgehead atoms. The minimum absolute atomic E-state index is 0.412. The van der Waals surface area contributed by atoms with E-state index >= 15 is 0 Å². The van der Waals surface area contributed by atoms with Crippen LogP contribution in [0.5, 0.6) is 0 Å². The fourth-order valence-electron chi connectivity index (χ4n) is 4.61. The van der Waals surface area contributed by atoms with Crippen molar-refractivity contribution in [2.24, 2.45) is 22.7 Å². The lowest BCUT2D eigenvalue weighted by atomic mass is 9.64. The first-order chi connectivity index (χ1) is 9.04. The van der Waals surface area contributed by atoms with E-state index in [1.807, 2.05) is 0 Å². The first-order valence-corrected chi connectivity index (χ1v) is 8.42. The van der Waals surface area contributed by atoms with E-state index in [0.29, 0.717) is 10.8 Å². The smallest absolute Gasteiger partial charge is 0.00808 e. The minimum Gasteiger partial charge on any atom is -0.0842 e. The average Bonchev–Trinajstić information content (AvgIpc) is 3.09. The van der Waals surface area contributed by atoms with Crippen LogP contribution in [-0.2, 0) is 0 Å². The van der Waals surface area contributed by atoms with Crippen molar-refractivity contribution in [3.8, 4) is 0 Å². The molecule has 0 heteroatoms. The van der Waals surface area contributed by atoms with Gasteiger partial charge in [0.1, 0.15) is 0 Å². The van der Waals surface area contributed by atoms with Crippen LogP contribution < -0.4 is 0 Å². The summed E-state index contributed by atoms with van der Waals surface area (Å²) in [5, 5.41) is 0. The third-order valence-electron chi connectivity index (χ3n) is 6.26. The maximum atomic E-state index is 2.57. The van der Waals surface area contributed by atoms with Crippen molar-refractivity contribution in [2.75, 3.05) is 0 Å². The molecule has 3 rings (SSSR count). The summed E-state index contributed by atoms with van der Waals surface area (Å²) in [6.45, 7) is 7.56. The Kier molecular flexibility index (Phi) is 3.39. The quantitative estimate of drug-likeness (QED) is 0.553. The summed E-state index contributed by atoms with van der Waals surface area (Å²) in [7, 11) is 0. The van der Waals surface area contributed by atoms with Crippen LogP contribution in [0.4, 0.5) is 0 Å². The third kappa shape index (κ3) is 2.56. The van der Waals surface area contributed by atoms with E-state index in [2.05, 4.69) is 39.0 Å². The second-order valence-corrected chi connectivity index (χ2v) is 7.94. The Balaban J connectivity index is 1.86. The molecule has 3 aliphatic carbocycles. The molecule has 0 aliphatic heterocycles. The number of hydrogen-bond acceptors (Lipinski definition) is 0. The second-order valence-electron chi connectivity index (χ2n) is 7.94. The molecule has 0 radical (unpaired) electrons. The molecule has 3 aliphatic rings. The van der Waals surface area contributed by atoms with Crippen LogP contribution in [0.15, 0.2) is 23.8 Å². The average molecular weight is 258 g/mol. The molecule has 106 valence electrons. The predicted molar refractivity (Wildman–Crippen MR) is 83.0 cm³/mol. The molecular weight excluding hydrogens is 228 g/mol. The normalized spacial score (nSPS) is 38.1. The largest absolute Gasteiger partial charge is 0.0842 e. The van der Waals surface area contributed by atoms with Gasteiger partial charge >= 0.3 is 0 Å². The van der Waals surface area contributed by atoms with Crippen molar-refractivity contribution in [3.63, 3.8) is 0 Å². The van der Waals surface area contributed by atoms with E-state index < -0.39 is 0 Å². The molecule has 0 aromatic carbocycles. The molecule has 0 amide bonds. The Morgan fingerprint density at radius 3 is 2.47 bits per heavy atom. The SMILES string of the molecule is CC1C(C2(C)CCCC2)=CCC=CC1(C)CC1CC1. The van der Waals surface area contributed by atoms with Crippen molar-refractivity contribution in [2.45, 2.75) is 72.1 Å². The van der Waals surface area contributed by atoms with Gasteiger partial charge < -0.3 is 0 Å². The molecule has 0 aromatic rings. The van der Waals surface area contributed by atoms with Gasteiger partial charge in [-0.1, -0.05) is 70.3 Å². The van der Waals surface area contributed by atoms with Crippen LogP contribution in [0.3, 0.4) is 0 Å². The molecule has 0 spiro atoms. The number of allylic oxidation sites excluding steroid dienone is 4. The highest BCUT2D eigenvalue weighted by atomic mass is 14.5. The van der Waals surface area contributed by atoms with Crippen LogP contribution in [-0.4, -0.2) is 0 Å². The topological polar surface area (TPSA) is 0 Å². The molecule has 0 heterocycles. The van der Waals surface area contributed by atoms with Gasteiger partial charge in [-0.25, -0.2) is 0 Å². The van der Waals surface area contributed by atoms with Gasteiger partial charge in [-0.2, -0.15) is 0 Å². The lowest BCUT2D eigenvalue weighted by Crippen LogP contribution is -2.31. The van der Waals surface area contributed by atoms with E-state index in [9.17, 15) is 0 Å². The summed E-state index contributed by atoms with van der Waals surface area (Å²) in [5.74, 6) is 1.75. The maximum Gasteiger partial charge on any atom is -0.00808 e. The fourth-order valence-corrected chi connectivity index (χ4v) is 4.61. The van der Waals surface area contributed by atoms with Crippen molar-refractivity contribution >= 4 is 0 Å². The molecular formula is C19H30. The van der Waals surface area contributed by atoms with Gasteiger partial charge in [-0.05, 0) is 48.3 Å². The Hall–Kier alpha value is -0.520. The van der Waals surface area contributed by atoms with Gasteiger partial charge in [-0.3, -0.25) is 0 Å². The van der Waals surface area contributed by atoms with Crippen molar-refractivity contribution in [1.82, 2.24) is 0 Å². The Morgan fingerprint density at radius 2 is 1.84 bits per heavy atom. The first kappa shape index (κ1) is 13.5. The molecule has 2 atom stereocenters. The fraction of sp³-hybridized carbons (Fsp3) is 0.789. The van der Waals surface area contributed by atoms with Crippen LogP contribution in [0.2, 0.25) is 0 Å². The molecule has 0 aromatic heterocycles. The molecule has 2 saturated carbocycles. The summed E-state index contributed by atoms with van der Waals surface area (Å²) in [6.07, 6.45) is 18.8. The lowest BCUT2D eigenvalue weighted by molar-refractivity contribution is 0.233. The van der Waals surface area contributed by atoms with Gasteiger partial charge in [0.2, 0.25) is 0 Å². The molecule has 0 nitrogen and oxygen atoms in total. The van der Waals surface area contributed by atoms with E-state index in [1.54, 1.807) is 5.57 Å². The molecule has 2 fully saturated rings. The third-order valence-corrected chi connectivity index (χ3v) is 6.26. The Bertz CT molecular complexity index is 390. The monoisotopic (exact) mass is 258 g/mol. The summed E-state index contributed by atoms with van der Waals surface area (Å²) >= 11 is 0. The number of hydrogen-bond donors (Lipinski definition) is 0. The molecule has 0 N–H and O–H groups in total. The van der Waals surface area contributed by atoms with Crippen LogP contribution in [0.1, 0.15) is 72.1 Å². The van der Waals surface area contributed by atoms with E-state index in [-0.39, 0.29) is 0 Å². The van der Waals surface area contributed by atoms with E-state index in [0.717, 1.165) is 18.3 Å². The molecule has 0 saturated heterocycles. The van der Waals surface area contributed by atoms with Crippen molar-refractivity contribution < 1.29 is 0 Å². The van der Waals surface area contributed by atoms with Crippen molar-refractivity contribution in [1.29, 1.82) is 0 Å². The van der Waals surface area contributed by atoms with Gasteiger partial charge in [0.15, 0.2) is 0 Å². The van der Waals surface area contributed by atoms with Crippen LogP contribution in [0, 0.1) is 22.7 Å². The van der Waals surface area contributed by atoms with Gasteiger partial charge in [0, 0.05) is 0 Å². The van der Waals surface area contributed by atoms with E-state index in [1.165, 1.54) is 44.9 Å². The lowest BCUT2D eigenvalue weighted by Gasteiger charge is -2.40. The van der Waals surface area contributed by atoms with Gasteiger partial charge in [0.25, 0.3) is 0 Å². The zero-order valence-corrected chi connectivity index (χ0v) is 13.0. The van der Waals surface area contributed by atoms with E-state index in [4.69, 9.17) is 0 Å². The summed E-state index contributed by atoms with van der Waals surface area (Å²) in [5.41, 5.74) is 2.71. The summed E-state index contributed by atoms with van der Waals surface area (Å²) < 4.78 is 0. The highest BCUT2D eigenvalue weighted by Crippen LogP contribution is 2.54. The summed E-state index contributed by atoms with van der Waals surface area (Å²) in [6, 6.07) is 0. The Morgan fingerprint density at radius 1 is 1.16 bits per heavy atom. The first-order valence-electron chi connectivity index (χ1n) is 8.42. The zero-order valence-electron chi connectivity index (χ0n) is 13.0. The second kappa shape index (κ2) is 4.79. The standard InChI is InChI=1S/C19H30/c1-15-17(18(2)11-6-7-12-18)8-4-5-13-19(15,3)14-16-9-10-16/h5,8,13,15-16H,4,6-7,9-12,14H2,1-3H3. The minimum atomic E-state index is 0.412. The van der Waals surface area contributed by atoms with Crippen LogP contribution in [0.25, 0.3) is 0 Å². The molecule has 19 heavy (non-hydrogen) atoms. The maximum absolute atomic E-state index is 2.57. The Labute approximate surface area is 119 Å². The highest BCUT2D eigenvalue weighted by molar-refractivity contribution is 5.26. The van der Waals surface area contributed by atoms with Gasteiger partial charge in [0.05, 0.1) is 0 Å². The number of rotatable bonds is 3. The highest BCUT2D eigenvalue weighted by Gasteiger charge is 2.43. The zero-order chi connectivity index (χ0) is 13.5. The van der Waals surface area contributed by atoms with Gasteiger partial charge in [-0.15, -0.1) is 0 Å². The predicted octanol–water partition coefficient (Wildman–Crippen LogP) is 5.90.